The Bertz CT molecular complexity index is 711. The van der Waals surface area contributed by atoms with E-state index in [-0.39, 0.29) is 18.1 Å². The molecule has 0 aliphatic heterocycles. The third-order valence-corrected chi connectivity index (χ3v) is 2.29. The predicted octanol–water partition coefficient (Wildman–Crippen LogP) is -0.0818. The fourth-order valence-electron chi connectivity index (χ4n) is 1.44. The second kappa shape index (κ2) is 5.73. The van der Waals surface area contributed by atoms with Gasteiger partial charge in [-0.05, 0) is 0 Å². The summed E-state index contributed by atoms with van der Waals surface area (Å²) >= 11 is 0. The molecule has 108 valence electrons. The zero-order valence-electron chi connectivity index (χ0n) is 10.3. The van der Waals surface area contributed by atoms with Gasteiger partial charge in [0.1, 0.15) is 18.9 Å². The topological polar surface area (TPSA) is 153 Å². The number of nitro groups is 1. The Hall–Kier alpha value is -3.37. The van der Waals surface area contributed by atoms with Crippen molar-refractivity contribution in [2.75, 3.05) is 5.32 Å². The average molecular weight is 292 g/mol. The van der Waals surface area contributed by atoms with Crippen LogP contribution < -0.4 is 5.32 Å². The van der Waals surface area contributed by atoms with Gasteiger partial charge in [0, 0.05) is 12.4 Å². The summed E-state index contributed by atoms with van der Waals surface area (Å²) < 4.78 is 1.05. The molecule has 0 atom stereocenters. The monoisotopic (exact) mass is 292 g/mol. The largest absolute Gasteiger partial charge is 0.476 e. The van der Waals surface area contributed by atoms with Crippen LogP contribution in [0.3, 0.4) is 0 Å². The summed E-state index contributed by atoms with van der Waals surface area (Å²) in [6.07, 6.45) is 4.48. The number of carbonyl (C=O) groups excluding carboxylic acids is 1. The molecule has 0 aliphatic rings. The van der Waals surface area contributed by atoms with E-state index in [9.17, 15) is 19.7 Å². The first kappa shape index (κ1) is 14.0. The number of amides is 1. The summed E-state index contributed by atoms with van der Waals surface area (Å²) in [5, 5.41) is 25.3. The van der Waals surface area contributed by atoms with Crippen LogP contribution in [0.25, 0.3) is 0 Å². The maximum atomic E-state index is 11.7. The van der Waals surface area contributed by atoms with Gasteiger partial charge in [0.15, 0.2) is 11.5 Å². The number of nitrogens with zero attached hydrogens (tertiary/aromatic N) is 5. The zero-order valence-corrected chi connectivity index (χ0v) is 10.3. The summed E-state index contributed by atoms with van der Waals surface area (Å²) in [7, 11) is 0. The number of carboxylic acid groups (broad SMARTS) is 1. The molecule has 0 aliphatic carbocycles. The molecule has 0 saturated carbocycles. The highest BCUT2D eigenvalue weighted by Gasteiger charge is 2.16. The first-order chi connectivity index (χ1) is 9.97. The van der Waals surface area contributed by atoms with Gasteiger partial charge in [-0.3, -0.25) is 19.6 Å². The molecule has 0 bridgehead atoms. The molecule has 2 aromatic heterocycles. The summed E-state index contributed by atoms with van der Waals surface area (Å²) in [6.45, 7) is -0.330. The Morgan fingerprint density at radius 1 is 1.38 bits per heavy atom. The SMILES string of the molecule is O=C(Cn1cc([N+](=O)[O-])cn1)Nc1nccnc1C(=O)O. The lowest BCUT2D eigenvalue weighted by molar-refractivity contribution is -0.385. The van der Waals surface area contributed by atoms with E-state index in [1.165, 1.54) is 12.4 Å². The third kappa shape index (κ3) is 3.34. The first-order valence-electron chi connectivity index (χ1n) is 5.48. The Balaban J connectivity index is 2.08. The second-order valence-corrected chi connectivity index (χ2v) is 3.76. The number of anilines is 1. The first-order valence-corrected chi connectivity index (χ1v) is 5.48. The summed E-state index contributed by atoms with van der Waals surface area (Å²) in [6, 6.07) is 0. The lowest BCUT2D eigenvalue weighted by Gasteiger charge is -2.06. The lowest BCUT2D eigenvalue weighted by atomic mass is 10.4. The van der Waals surface area contributed by atoms with Crippen LogP contribution in [0.15, 0.2) is 24.8 Å². The molecular formula is C10H8N6O5. The molecular weight excluding hydrogens is 284 g/mol. The van der Waals surface area contributed by atoms with E-state index in [0.29, 0.717) is 0 Å². The van der Waals surface area contributed by atoms with Crippen LogP contribution in [0.2, 0.25) is 0 Å². The quantitative estimate of drug-likeness (QED) is 0.572. The van der Waals surface area contributed by atoms with Crippen molar-refractivity contribution in [3.8, 4) is 0 Å². The molecule has 0 fully saturated rings. The van der Waals surface area contributed by atoms with Crippen LogP contribution in [-0.4, -0.2) is 41.7 Å². The van der Waals surface area contributed by atoms with Gasteiger partial charge in [-0.1, -0.05) is 0 Å². The van der Waals surface area contributed by atoms with E-state index >= 15 is 0 Å². The van der Waals surface area contributed by atoms with Gasteiger partial charge in [-0.15, -0.1) is 0 Å². The van der Waals surface area contributed by atoms with Crippen LogP contribution in [0.4, 0.5) is 11.5 Å². The van der Waals surface area contributed by atoms with E-state index in [1.54, 1.807) is 0 Å². The second-order valence-electron chi connectivity index (χ2n) is 3.76. The van der Waals surface area contributed by atoms with Crippen molar-refractivity contribution in [3.63, 3.8) is 0 Å². The normalized spacial score (nSPS) is 10.1. The molecule has 0 aromatic carbocycles. The Labute approximate surface area is 116 Å². The highest BCUT2D eigenvalue weighted by Crippen LogP contribution is 2.10. The molecule has 0 spiro atoms. The number of aromatic carboxylic acids is 1. The summed E-state index contributed by atoms with van der Waals surface area (Å²) in [5.74, 6) is -2.19. The fraction of sp³-hybridized carbons (Fsp3) is 0.100. The van der Waals surface area contributed by atoms with Gasteiger partial charge in [-0.2, -0.15) is 5.10 Å². The number of carbonyl (C=O) groups is 2. The van der Waals surface area contributed by atoms with Gasteiger partial charge in [0.2, 0.25) is 5.91 Å². The molecule has 0 unspecified atom stereocenters. The molecule has 1 amide bonds. The smallest absolute Gasteiger partial charge is 0.358 e. The Morgan fingerprint density at radius 3 is 2.71 bits per heavy atom. The fourth-order valence-corrected chi connectivity index (χ4v) is 1.44. The molecule has 0 saturated heterocycles. The minimum absolute atomic E-state index is 0.211. The number of hydrogen-bond donors (Lipinski definition) is 2. The Morgan fingerprint density at radius 2 is 2.10 bits per heavy atom. The molecule has 0 radical (unpaired) electrons. The molecule has 21 heavy (non-hydrogen) atoms. The van der Waals surface area contributed by atoms with E-state index in [1.807, 2.05) is 0 Å². The van der Waals surface area contributed by atoms with Crippen molar-refractivity contribution >= 4 is 23.4 Å². The zero-order chi connectivity index (χ0) is 15.4. The highest BCUT2D eigenvalue weighted by molar-refractivity contribution is 5.97. The predicted molar refractivity (Wildman–Crippen MR) is 66.5 cm³/mol. The molecule has 2 rings (SSSR count). The van der Waals surface area contributed by atoms with Gasteiger partial charge < -0.3 is 10.4 Å². The van der Waals surface area contributed by atoms with Gasteiger partial charge in [0.25, 0.3) is 0 Å². The van der Waals surface area contributed by atoms with Crippen LogP contribution in [0.1, 0.15) is 10.5 Å². The van der Waals surface area contributed by atoms with Gasteiger partial charge >= 0.3 is 11.7 Å². The van der Waals surface area contributed by atoms with Crippen molar-refractivity contribution in [2.24, 2.45) is 0 Å². The van der Waals surface area contributed by atoms with Crippen LogP contribution in [0, 0.1) is 10.1 Å². The standard InChI is InChI=1S/C10H8N6O5/c17-7(5-15-4-6(3-13-15)16(20)21)14-9-8(10(18)19)11-1-2-12-9/h1-4H,5H2,(H,18,19)(H,12,14,17). The van der Waals surface area contributed by atoms with Crippen LogP contribution in [0.5, 0.6) is 0 Å². The average Bonchev–Trinajstić information content (AvgIpc) is 2.87. The molecule has 11 heteroatoms. The van der Waals surface area contributed by atoms with Crippen molar-refractivity contribution < 1.29 is 19.6 Å². The lowest BCUT2D eigenvalue weighted by Crippen LogP contribution is -2.21. The molecule has 11 nitrogen and oxygen atoms in total. The van der Waals surface area contributed by atoms with Crippen molar-refractivity contribution in [1.82, 2.24) is 19.7 Å². The maximum absolute atomic E-state index is 11.7. The van der Waals surface area contributed by atoms with Crippen LogP contribution in [-0.2, 0) is 11.3 Å². The minimum Gasteiger partial charge on any atom is -0.476 e. The summed E-state index contributed by atoms with van der Waals surface area (Å²) in [4.78, 5) is 39.7. The van der Waals surface area contributed by atoms with E-state index in [2.05, 4.69) is 20.4 Å². The number of carboxylic acids is 1. The van der Waals surface area contributed by atoms with Crippen molar-refractivity contribution in [1.29, 1.82) is 0 Å². The maximum Gasteiger partial charge on any atom is 0.358 e. The molecule has 2 heterocycles. The van der Waals surface area contributed by atoms with E-state index in [0.717, 1.165) is 17.1 Å². The third-order valence-electron chi connectivity index (χ3n) is 2.29. The number of aromatic nitrogens is 4. The highest BCUT2D eigenvalue weighted by atomic mass is 16.6. The number of nitrogens with one attached hydrogen (secondary N) is 1. The van der Waals surface area contributed by atoms with E-state index in [4.69, 9.17) is 5.11 Å². The van der Waals surface area contributed by atoms with Gasteiger partial charge in [-0.25, -0.2) is 14.8 Å². The number of rotatable bonds is 5. The minimum atomic E-state index is -1.34. The van der Waals surface area contributed by atoms with E-state index < -0.39 is 22.5 Å². The molecule has 2 aromatic rings. The molecule has 2 N–H and O–H groups in total. The van der Waals surface area contributed by atoms with Crippen molar-refractivity contribution in [2.45, 2.75) is 6.54 Å². The van der Waals surface area contributed by atoms with Gasteiger partial charge in [0.05, 0.1) is 4.92 Å². The van der Waals surface area contributed by atoms with Crippen LogP contribution >= 0.6 is 0 Å². The number of hydrogen-bond acceptors (Lipinski definition) is 7. The van der Waals surface area contributed by atoms with Crippen molar-refractivity contribution in [3.05, 3.63) is 40.6 Å². The summed E-state index contributed by atoms with van der Waals surface area (Å²) in [5.41, 5.74) is -0.661. The Kier molecular flexibility index (Phi) is 3.83.